The van der Waals surface area contributed by atoms with Gasteiger partial charge in [0, 0.05) is 19.1 Å². The zero-order chi connectivity index (χ0) is 11.5. The van der Waals surface area contributed by atoms with Gasteiger partial charge >= 0.3 is 0 Å². The van der Waals surface area contributed by atoms with Crippen LogP contribution in [-0.4, -0.2) is 42.0 Å². The summed E-state index contributed by atoms with van der Waals surface area (Å²) in [6.07, 6.45) is 1.01. The molecule has 0 bridgehead atoms. The molecular weight excluding hydrogens is 270 g/mol. The normalized spacial score (nSPS) is 20.1. The molecule has 1 aromatic rings. The Kier molecular flexibility index (Phi) is 3.56. The SMILES string of the molecule is CNC1CCN(C(=O)c2cccc(Br)n2)C1. The summed E-state index contributed by atoms with van der Waals surface area (Å²) in [4.78, 5) is 18.1. The molecule has 4 nitrogen and oxygen atoms in total. The van der Waals surface area contributed by atoms with Crippen LogP contribution in [0.3, 0.4) is 0 Å². The van der Waals surface area contributed by atoms with Crippen molar-refractivity contribution in [1.29, 1.82) is 0 Å². The highest BCUT2D eigenvalue weighted by Crippen LogP contribution is 2.14. The van der Waals surface area contributed by atoms with E-state index in [0.29, 0.717) is 16.3 Å². The van der Waals surface area contributed by atoms with E-state index in [1.54, 1.807) is 6.07 Å². The quantitative estimate of drug-likeness (QED) is 0.832. The van der Waals surface area contributed by atoms with Gasteiger partial charge in [-0.05, 0) is 41.5 Å². The fourth-order valence-corrected chi connectivity index (χ4v) is 2.21. The second kappa shape index (κ2) is 4.93. The molecule has 1 atom stereocenters. The highest BCUT2D eigenvalue weighted by atomic mass is 79.9. The molecule has 0 saturated carbocycles. The van der Waals surface area contributed by atoms with Crippen LogP contribution in [0, 0.1) is 0 Å². The van der Waals surface area contributed by atoms with Crippen molar-refractivity contribution in [2.75, 3.05) is 20.1 Å². The first-order valence-electron chi connectivity index (χ1n) is 5.30. The third-order valence-corrected chi connectivity index (χ3v) is 3.26. The zero-order valence-corrected chi connectivity index (χ0v) is 10.7. The summed E-state index contributed by atoms with van der Waals surface area (Å²) in [7, 11) is 1.93. The maximum absolute atomic E-state index is 12.1. The van der Waals surface area contributed by atoms with E-state index < -0.39 is 0 Å². The molecule has 1 saturated heterocycles. The molecular formula is C11H14BrN3O. The van der Waals surface area contributed by atoms with Crippen LogP contribution in [0.15, 0.2) is 22.8 Å². The maximum Gasteiger partial charge on any atom is 0.272 e. The smallest absolute Gasteiger partial charge is 0.272 e. The molecule has 1 aliphatic rings. The van der Waals surface area contributed by atoms with Crippen LogP contribution in [-0.2, 0) is 0 Å². The fourth-order valence-electron chi connectivity index (χ4n) is 1.87. The predicted octanol–water partition coefficient (Wildman–Crippen LogP) is 1.28. The molecule has 0 spiro atoms. The van der Waals surface area contributed by atoms with Crippen molar-refractivity contribution in [3.8, 4) is 0 Å². The van der Waals surface area contributed by atoms with Gasteiger partial charge in [-0.15, -0.1) is 0 Å². The molecule has 2 rings (SSSR count). The average Bonchev–Trinajstić information content (AvgIpc) is 2.76. The van der Waals surface area contributed by atoms with Gasteiger partial charge in [0.05, 0.1) is 0 Å². The Bertz CT molecular complexity index is 397. The summed E-state index contributed by atoms with van der Waals surface area (Å²) < 4.78 is 0.697. The lowest BCUT2D eigenvalue weighted by molar-refractivity contribution is 0.0783. The van der Waals surface area contributed by atoms with Gasteiger partial charge in [-0.3, -0.25) is 4.79 Å². The molecule has 1 N–H and O–H groups in total. The fraction of sp³-hybridized carbons (Fsp3) is 0.455. The number of hydrogen-bond donors (Lipinski definition) is 1. The molecule has 1 fully saturated rings. The zero-order valence-electron chi connectivity index (χ0n) is 9.11. The van der Waals surface area contributed by atoms with E-state index >= 15 is 0 Å². The minimum atomic E-state index is 0.0130. The monoisotopic (exact) mass is 283 g/mol. The Hall–Kier alpha value is -0.940. The molecule has 1 aliphatic heterocycles. The molecule has 5 heteroatoms. The number of aromatic nitrogens is 1. The standard InChI is InChI=1S/C11H14BrN3O/c1-13-8-5-6-15(7-8)11(16)9-3-2-4-10(12)14-9/h2-4,8,13H,5-7H2,1H3. The number of likely N-dealkylation sites (tertiary alicyclic amines) is 1. The van der Waals surface area contributed by atoms with Gasteiger partial charge in [-0.25, -0.2) is 4.98 Å². The van der Waals surface area contributed by atoms with E-state index in [1.165, 1.54) is 0 Å². The second-order valence-corrected chi connectivity index (χ2v) is 4.68. The van der Waals surface area contributed by atoms with Crippen molar-refractivity contribution in [2.24, 2.45) is 0 Å². The largest absolute Gasteiger partial charge is 0.336 e. The summed E-state index contributed by atoms with van der Waals surface area (Å²) in [5.41, 5.74) is 0.506. The van der Waals surface area contributed by atoms with E-state index in [-0.39, 0.29) is 5.91 Å². The van der Waals surface area contributed by atoms with Crippen molar-refractivity contribution < 1.29 is 4.79 Å². The van der Waals surface area contributed by atoms with Crippen LogP contribution in [0.5, 0.6) is 0 Å². The molecule has 86 valence electrons. The van der Waals surface area contributed by atoms with Crippen molar-refractivity contribution in [3.63, 3.8) is 0 Å². The number of pyridine rings is 1. The van der Waals surface area contributed by atoms with Crippen LogP contribution in [0.2, 0.25) is 0 Å². The first kappa shape index (κ1) is 11.5. The number of carbonyl (C=O) groups excluding carboxylic acids is 1. The number of nitrogens with zero attached hydrogens (tertiary/aromatic N) is 2. The van der Waals surface area contributed by atoms with Crippen LogP contribution in [0.4, 0.5) is 0 Å². The number of carbonyl (C=O) groups is 1. The van der Waals surface area contributed by atoms with Crippen molar-refractivity contribution in [1.82, 2.24) is 15.2 Å². The first-order valence-corrected chi connectivity index (χ1v) is 6.09. The Morgan fingerprint density at radius 3 is 3.06 bits per heavy atom. The van der Waals surface area contributed by atoms with Gasteiger partial charge in [0.25, 0.3) is 5.91 Å². The van der Waals surface area contributed by atoms with Gasteiger partial charge < -0.3 is 10.2 Å². The Morgan fingerprint density at radius 2 is 2.44 bits per heavy atom. The topological polar surface area (TPSA) is 45.2 Å². The van der Waals surface area contributed by atoms with Crippen LogP contribution in [0.25, 0.3) is 0 Å². The van der Waals surface area contributed by atoms with Crippen molar-refractivity contribution in [2.45, 2.75) is 12.5 Å². The second-order valence-electron chi connectivity index (χ2n) is 3.87. The molecule has 0 aliphatic carbocycles. The Balaban J connectivity index is 2.08. The van der Waals surface area contributed by atoms with Gasteiger partial charge in [-0.2, -0.15) is 0 Å². The van der Waals surface area contributed by atoms with Crippen LogP contribution in [0.1, 0.15) is 16.9 Å². The van der Waals surface area contributed by atoms with Gasteiger partial charge in [0.1, 0.15) is 10.3 Å². The van der Waals surface area contributed by atoms with Crippen molar-refractivity contribution >= 4 is 21.8 Å². The highest BCUT2D eigenvalue weighted by molar-refractivity contribution is 9.10. The summed E-state index contributed by atoms with van der Waals surface area (Å²) in [5.74, 6) is 0.0130. The lowest BCUT2D eigenvalue weighted by atomic mass is 10.3. The molecule has 1 aromatic heterocycles. The molecule has 0 radical (unpaired) electrons. The number of halogens is 1. The summed E-state index contributed by atoms with van der Waals surface area (Å²) in [5, 5.41) is 3.19. The number of nitrogens with one attached hydrogen (secondary N) is 1. The highest BCUT2D eigenvalue weighted by Gasteiger charge is 2.26. The summed E-state index contributed by atoms with van der Waals surface area (Å²) in [6.45, 7) is 1.57. The predicted molar refractivity (Wildman–Crippen MR) is 65.3 cm³/mol. The lowest BCUT2D eigenvalue weighted by Gasteiger charge is -2.15. The molecule has 0 aromatic carbocycles. The maximum atomic E-state index is 12.1. The molecule has 1 amide bonds. The average molecular weight is 284 g/mol. The third-order valence-electron chi connectivity index (χ3n) is 2.82. The summed E-state index contributed by atoms with van der Waals surface area (Å²) in [6, 6.07) is 5.81. The number of rotatable bonds is 2. The minimum absolute atomic E-state index is 0.0130. The first-order chi connectivity index (χ1) is 7.70. The van der Waals surface area contributed by atoms with Crippen LogP contribution >= 0.6 is 15.9 Å². The van der Waals surface area contributed by atoms with Gasteiger partial charge in [0.15, 0.2) is 0 Å². The molecule has 16 heavy (non-hydrogen) atoms. The van der Waals surface area contributed by atoms with Crippen LogP contribution < -0.4 is 5.32 Å². The number of hydrogen-bond acceptors (Lipinski definition) is 3. The van der Waals surface area contributed by atoms with E-state index in [1.807, 2.05) is 24.1 Å². The Labute approximate surface area is 103 Å². The minimum Gasteiger partial charge on any atom is -0.336 e. The Morgan fingerprint density at radius 1 is 1.62 bits per heavy atom. The molecule has 1 unspecified atom stereocenters. The number of amides is 1. The third kappa shape index (κ3) is 2.41. The summed E-state index contributed by atoms with van der Waals surface area (Å²) >= 11 is 3.27. The number of likely N-dealkylation sites (N-methyl/N-ethyl adjacent to an activating group) is 1. The van der Waals surface area contributed by atoms with Gasteiger partial charge in [0.2, 0.25) is 0 Å². The van der Waals surface area contributed by atoms with Crippen molar-refractivity contribution in [3.05, 3.63) is 28.5 Å². The lowest BCUT2D eigenvalue weighted by Crippen LogP contribution is -2.33. The van der Waals surface area contributed by atoms with E-state index in [2.05, 4.69) is 26.2 Å². The van der Waals surface area contributed by atoms with E-state index in [9.17, 15) is 4.79 Å². The van der Waals surface area contributed by atoms with Gasteiger partial charge in [-0.1, -0.05) is 6.07 Å². The van der Waals surface area contributed by atoms with E-state index in [4.69, 9.17) is 0 Å². The molecule has 2 heterocycles. The van der Waals surface area contributed by atoms with E-state index in [0.717, 1.165) is 19.5 Å².